The molecule has 1 N–H and O–H groups in total. The molecule has 1 aliphatic rings. The summed E-state index contributed by atoms with van der Waals surface area (Å²) in [7, 11) is 0. The molecule has 0 saturated carbocycles. The lowest BCUT2D eigenvalue weighted by molar-refractivity contribution is 0.0380. The summed E-state index contributed by atoms with van der Waals surface area (Å²) in [5.41, 5.74) is 0. The summed E-state index contributed by atoms with van der Waals surface area (Å²) < 4.78 is 5.40. The van der Waals surface area contributed by atoms with Crippen molar-refractivity contribution in [2.45, 2.75) is 45.7 Å². The van der Waals surface area contributed by atoms with Crippen molar-refractivity contribution in [1.29, 1.82) is 0 Å². The minimum absolute atomic E-state index is 0.306. The van der Waals surface area contributed by atoms with E-state index >= 15 is 0 Å². The summed E-state index contributed by atoms with van der Waals surface area (Å²) in [6, 6.07) is 0.880. The van der Waals surface area contributed by atoms with Gasteiger partial charge in [0.15, 0.2) is 0 Å². The molecule has 0 amide bonds. The van der Waals surface area contributed by atoms with Crippen LogP contribution in [-0.4, -0.2) is 25.3 Å². The Labute approximate surface area is 87.4 Å². The number of hydrogen-bond donors (Lipinski definition) is 1. The average Bonchev–Trinajstić information content (AvgIpc) is 2.18. The van der Waals surface area contributed by atoms with Crippen LogP contribution in [0.5, 0.6) is 0 Å². The van der Waals surface area contributed by atoms with Crippen LogP contribution in [0.1, 0.15) is 33.6 Å². The molecule has 0 spiro atoms. The van der Waals surface area contributed by atoms with Gasteiger partial charge in [-0.25, -0.2) is 0 Å². The van der Waals surface area contributed by atoms with E-state index in [4.69, 9.17) is 4.74 Å². The van der Waals surface area contributed by atoms with Crippen LogP contribution in [0.15, 0.2) is 0 Å². The first kappa shape index (κ1) is 11.6. The normalized spacial score (nSPS) is 29.1. The van der Waals surface area contributed by atoms with Gasteiger partial charge in [-0.15, -0.1) is 5.92 Å². The Kier molecular flexibility index (Phi) is 5.00. The predicted molar refractivity (Wildman–Crippen MR) is 59.1 cm³/mol. The molecule has 3 atom stereocenters. The van der Waals surface area contributed by atoms with E-state index in [0.29, 0.717) is 18.0 Å². The Hall–Kier alpha value is -0.520. The molecule has 2 heteroatoms. The molecule has 1 fully saturated rings. The lowest BCUT2D eigenvalue weighted by Gasteiger charge is -2.30. The van der Waals surface area contributed by atoms with Crippen LogP contribution >= 0.6 is 0 Å². The van der Waals surface area contributed by atoms with Gasteiger partial charge in [0.05, 0.1) is 12.6 Å². The second kappa shape index (κ2) is 6.06. The monoisotopic (exact) mass is 195 g/mol. The van der Waals surface area contributed by atoms with E-state index < -0.39 is 0 Å². The summed E-state index contributed by atoms with van der Waals surface area (Å²) in [4.78, 5) is 0. The van der Waals surface area contributed by atoms with E-state index in [1.165, 1.54) is 0 Å². The zero-order chi connectivity index (χ0) is 10.4. The van der Waals surface area contributed by atoms with E-state index in [1.807, 2.05) is 0 Å². The van der Waals surface area contributed by atoms with Crippen molar-refractivity contribution in [2.24, 2.45) is 5.92 Å². The molecule has 1 saturated heterocycles. The van der Waals surface area contributed by atoms with E-state index in [-0.39, 0.29) is 0 Å². The maximum Gasteiger partial charge on any atom is 0.0663 e. The maximum absolute atomic E-state index is 5.40. The molecular formula is C12H21NO. The van der Waals surface area contributed by atoms with Crippen LogP contribution in [0.3, 0.4) is 0 Å². The van der Waals surface area contributed by atoms with Crippen molar-refractivity contribution in [3.63, 3.8) is 0 Å². The molecule has 80 valence electrons. The first-order valence-corrected chi connectivity index (χ1v) is 5.56. The first-order chi connectivity index (χ1) is 6.74. The highest BCUT2D eigenvalue weighted by atomic mass is 16.5. The predicted octanol–water partition coefficient (Wildman–Crippen LogP) is 1.80. The summed E-state index contributed by atoms with van der Waals surface area (Å²) in [5, 5.41) is 3.55. The van der Waals surface area contributed by atoms with E-state index in [9.17, 15) is 0 Å². The Morgan fingerprint density at radius 2 is 2.36 bits per heavy atom. The van der Waals surface area contributed by atoms with Gasteiger partial charge in [0.2, 0.25) is 0 Å². The quantitative estimate of drug-likeness (QED) is 0.678. The summed E-state index contributed by atoms with van der Waals surface area (Å²) in [5.74, 6) is 6.91. The molecule has 0 aromatic heterocycles. The van der Waals surface area contributed by atoms with Crippen molar-refractivity contribution < 1.29 is 4.74 Å². The van der Waals surface area contributed by atoms with E-state index in [2.05, 4.69) is 37.9 Å². The van der Waals surface area contributed by atoms with Gasteiger partial charge in [-0.1, -0.05) is 19.8 Å². The van der Waals surface area contributed by atoms with Crippen LogP contribution in [-0.2, 0) is 4.74 Å². The molecule has 0 radical (unpaired) electrons. The summed E-state index contributed by atoms with van der Waals surface area (Å²) >= 11 is 0. The van der Waals surface area contributed by atoms with Crippen molar-refractivity contribution in [3.8, 4) is 11.8 Å². The van der Waals surface area contributed by atoms with Crippen LogP contribution < -0.4 is 5.32 Å². The van der Waals surface area contributed by atoms with Crippen LogP contribution in [0, 0.1) is 17.8 Å². The van der Waals surface area contributed by atoms with Crippen molar-refractivity contribution in [1.82, 2.24) is 5.32 Å². The number of nitrogens with one attached hydrogen (secondary N) is 1. The largest absolute Gasteiger partial charge is 0.381 e. The SMILES string of the molecule is CCC#CC(C)NC1CCOCC1C. The second-order valence-corrected chi connectivity index (χ2v) is 4.01. The highest BCUT2D eigenvalue weighted by Crippen LogP contribution is 2.14. The minimum Gasteiger partial charge on any atom is -0.381 e. The molecule has 1 rings (SSSR count). The molecule has 0 aromatic rings. The lowest BCUT2D eigenvalue weighted by Crippen LogP contribution is -2.44. The van der Waals surface area contributed by atoms with Gasteiger partial charge in [-0.05, 0) is 19.3 Å². The zero-order valence-electron chi connectivity index (χ0n) is 9.47. The second-order valence-electron chi connectivity index (χ2n) is 4.01. The van der Waals surface area contributed by atoms with Crippen LogP contribution in [0.25, 0.3) is 0 Å². The average molecular weight is 195 g/mol. The molecule has 14 heavy (non-hydrogen) atoms. The zero-order valence-corrected chi connectivity index (χ0v) is 9.47. The van der Waals surface area contributed by atoms with Gasteiger partial charge in [0.1, 0.15) is 0 Å². The molecule has 2 nitrogen and oxygen atoms in total. The molecule has 0 aromatic carbocycles. The van der Waals surface area contributed by atoms with Gasteiger partial charge in [-0.3, -0.25) is 0 Å². The number of ether oxygens (including phenoxy) is 1. The molecule has 1 aliphatic heterocycles. The molecule has 0 aliphatic carbocycles. The highest BCUT2D eigenvalue weighted by Gasteiger charge is 2.22. The lowest BCUT2D eigenvalue weighted by atomic mass is 9.97. The van der Waals surface area contributed by atoms with E-state index in [1.54, 1.807) is 0 Å². The van der Waals surface area contributed by atoms with Gasteiger partial charge in [0.25, 0.3) is 0 Å². The number of hydrogen-bond acceptors (Lipinski definition) is 2. The summed E-state index contributed by atoms with van der Waals surface area (Å²) in [6.07, 6.45) is 2.05. The Balaban J connectivity index is 2.34. The van der Waals surface area contributed by atoms with Gasteiger partial charge >= 0.3 is 0 Å². The molecule has 1 heterocycles. The summed E-state index contributed by atoms with van der Waals surface area (Å²) in [6.45, 7) is 8.21. The smallest absolute Gasteiger partial charge is 0.0663 e. The minimum atomic E-state index is 0.306. The number of rotatable bonds is 2. The third kappa shape index (κ3) is 3.69. The Bertz CT molecular complexity index is 216. The van der Waals surface area contributed by atoms with Crippen molar-refractivity contribution in [3.05, 3.63) is 0 Å². The van der Waals surface area contributed by atoms with Crippen LogP contribution in [0.4, 0.5) is 0 Å². The van der Waals surface area contributed by atoms with Gasteiger partial charge in [0, 0.05) is 19.1 Å². The Morgan fingerprint density at radius 1 is 1.57 bits per heavy atom. The van der Waals surface area contributed by atoms with Gasteiger partial charge in [-0.2, -0.15) is 0 Å². The van der Waals surface area contributed by atoms with Crippen LogP contribution in [0.2, 0.25) is 0 Å². The Morgan fingerprint density at radius 3 is 3.00 bits per heavy atom. The van der Waals surface area contributed by atoms with Crippen molar-refractivity contribution in [2.75, 3.05) is 13.2 Å². The third-order valence-electron chi connectivity index (χ3n) is 2.60. The molecule has 0 bridgehead atoms. The van der Waals surface area contributed by atoms with Crippen molar-refractivity contribution >= 4 is 0 Å². The van der Waals surface area contributed by atoms with E-state index in [0.717, 1.165) is 26.1 Å². The van der Waals surface area contributed by atoms with Gasteiger partial charge < -0.3 is 10.1 Å². The molecule has 3 unspecified atom stereocenters. The molecular weight excluding hydrogens is 174 g/mol. The topological polar surface area (TPSA) is 21.3 Å². The maximum atomic E-state index is 5.40. The highest BCUT2D eigenvalue weighted by molar-refractivity contribution is 5.06. The fourth-order valence-electron chi connectivity index (χ4n) is 1.75. The fraction of sp³-hybridized carbons (Fsp3) is 0.833. The fourth-order valence-corrected chi connectivity index (χ4v) is 1.75. The standard InChI is InChI=1S/C12H21NO/c1-4-5-6-11(3)13-12-7-8-14-9-10(12)2/h10-13H,4,7-9H2,1-3H3. The first-order valence-electron chi connectivity index (χ1n) is 5.56. The third-order valence-corrected chi connectivity index (χ3v) is 2.60.